The van der Waals surface area contributed by atoms with E-state index in [1.165, 1.54) is 24.8 Å². The highest BCUT2D eigenvalue weighted by Crippen LogP contribution is 2.02. The summed E-state index contributed by atoms with van der Waals surface area (Å²) in [5.41, 5.74) is 2.52. The second-order valence-corrected chi connectivity index (χ2v) is 3.68. The molecule has 0 aliphatic rings. The molecule has 0 fully saturated rings. The van der Waals surface area contributed by atoms with Gasteiger partial charge in [-0.05, 0) is 32.8 Å². The fourth-order valence-corrected chi connectivity index (χ4v) is 1.17. The number of allylic oxidation sites excluding steroid dienone is 4. The van der Waals surface area contributed by atoms with E-state index >= 15 is 0 Å². The van der Waals surface area contributed by atoms with Gasteiger partial charge in [-0.3, -0.25) is 4.99 Å². The third-order valence-electron chi connectivity index (χ3n) is 2.01. The van der Waals surface area contributed by atoms with Gasteiger partial charge in [-0.15, -0.1) is 0 Å². The molecule has 80 valence electrons. The van der Waals surface area contributed by atoms with E-state index in [1.807, 2.05) is 6.21 Å². The van der Waals surface area contributed by atoms with Crippen LogP contribution in [0.3, 0.4) is 0 Å². The molecule has 0 saturated heterocycles. The lowest BCUT2D eigenvalue weighted by molar-refractivity contribution is 0.907. The maximum atomic E-state index is 4.34. The molecule has 1 heteroatoms. The zero-order valence-electron chi connectivity index (χ0n) is 10.0. The Balaban J connectivity index is 3.97. The van der Waals surface area contributed by atoms with Crippen LogP contribution in [0.5, 0.6) is 0 Å². The molecule has 0 bridgehead atoms. The summed E-state index contributed by atoms with van der Waals surface area (Å²) < 4.78 is 0. The number of hydrogen-bond acceptors (Lipinski definition) is 1. The van der Waals surface area contributed by atoms with Crippen LogP contribution < -0.4 is 0 Å². The summed E-state index contributed by atoms with van der Waals surface area (Å²) in [6, 6.07) is 0. The average molecular weight is 193 g/mol. The van der Waals surface area contributed by atoms with Crippen LogP contribution >= 0.6 is 0 Å². The summed E-state index contributed by atoms with van der Waals surface area (Å²) in [6.07, 6.45) is 10.9. The second-order valence-electron chi connectivity index (χ2n) is 3.68. The van der Waals surface area contributed by atoms with Crippen molar-refractivity contribution in [2.24, 2.45) is 4.99 Å². The molecular weight excluding hydrogens is 170 g/mol. The van der Waals surface area contributed by atoms with Gasteiger partial charge in [0.2, 0.25) is 0 Å². The maximum absolute atomic E-state index is 4.34. The van der Waals surface area contributed by atoms with Crippen molar-refractivity contribution in [2.45, 2.75) is 53.4 Å². The number of unbranched alkanes of at least 4 members (excludes halogenated alkanes) is 1. The molecule has 0 aliphatic carbocycles. The quantitative estimate of drug-likeness (QED) is 0.550. The van der Waals surface area contributed by atoms with Crippen molar-refractivity contribution in [3.05, 3.63) is 23.4 Å². The Hall–Kier alpha value is -0.850. The molecule has 0 aromatic carbocycles. The molecule has 14 heavy (non-hydrogen) atoms. The zero-order valence-corrected chi connectivity index (χ0v) is 10.0. The fraction of sp³-hybridized carbons (Fsp3) is 0.615. The van der Waals surface area contributed by atoms with Crippen molar-refractivity contribution in [1.29, 1.82) is 0 Å². The van der Waals surface area contributed by atoms with Crippen LogP contribution in [0.15, 0.2) is 28.4 Å². The van der Waals surface area contributed by atoms with E-state index in [1.54, 1.807) is 0 Å². The van der Waals surface area contributed by atoms with Gasteiger partial charge in [-0.1, -0.05) is 38.3 Å². The highest BCUT2D eigenvalue weighted by Gasteiger charge is 1.84. The monoisotopic (exact) mass is 193 g/mol. The predicted octanol–water partition coefficient (Wildman–Crippen LogP) is 4.51. The molecule has 0 unspecified atom stereocenters. The van der Waals surface area contributed by atoms with E-state index in [-0.39, 0.29) is 0 Å². The highest BCUT2D eigenvalue weighted by atomic mass is 14.7. The molecular formula is C13H23N. The summed E-state index contributed by atoms with van der Waals surface area (Å²) in [7, 11) is 0. The van der Waals surface area contributed by atoms with Crippen LogP contribution in [0, 0.1) is 0 Å². The largest absolute Gasteiger partial charge is 0.262 e. The van der Waals surface area contributed by atoms with Gasteiger partial charge in [-0.2, -0.15) is 0 Å². The first-order valence-electron chi connectivity index (χ1n) is 5.57. The van der Waals surface area contributed by atoms with Crippen molar-refractivity contribution in [3.63, 3.8) is 0 Å². The van der Waals surface area contributed by atoms with Gasteiger partial charge in [0.05, 0.1) is 0 Å². The predicted molar refractivity (Wildman–Crippen MR) is 65.8 cm³/mol. The number of hydrogen-bond donors (Lipinski definition) is 0. The van der Waals surface area contributed by atoms with Crippen LogP contribution in [-0.2, 0) is 0 Å². The normalized spacial score (nSPS) is 14.0. The van der Waals surface area contributed by atoms with Crippen molar-refractivity contribution in [3.8, 4) is 0 Å². The summed E-state index contributed by atoms with van der Waals surface area (Å²) in [5.74, 6) is 0. The first kappa shape index (κ1) is 13.2. The lowest BCUT2D eigenvalue weighted by Crippen LogP contribution is -1.77. The average Bonchev–Trinajstić information content (AvgIpc) is 2.15. The first-order chi connectivity index (χ1) is 6.70. The molecule has 1 nitrogen and oxygen atoms in total. The molecule has 0 N–H and O–H groups in total. The van der Waals surface area contributed by atoms with Crippen molar-refractivity contribution in [2.75, 3.05) is 0 Å². The minimum absolute atomic E-state index is 1.12. The molecule has 0 aromatic heterocycles. The Bertz CT molecular complexity index is 221. The van der Waals surface area contributed by atoms with Gasteiger partial charge in [0.15, 0.2) is 0 Å². The van der Waals surface area contributed by atoms with E-state index in [0.717, 1.165) is 12.1 Å². The summed E-state index contributed by atoms with van der Waals surface area (Å²) >= 11 is 0. The van der Waals surface area contributed by atoms with Crippen molar-refractivity contribution >= 4 is 6.21 Å². The van der Waals surface area contributed by atoms with Gasteiger partial charge in [0, 0.05) is 11.9 Å². The molecule has 0 aliphatic heterocycles. The summed E-state index contributed by atoms with van der Waals surface area (Å²) in [5, 5.41) is 0. The Kier molecular flexibility index (Phi) is 8.20. The number of rotatable bonds is 6. The fourth-order valence-electron chi connectivity index (χ4n) is 1.17. The lowest BCUT2D eigenvalue weighted by atomic mass is 10.2. The van der Waals surface area contributed by atoms with Crippen LogP contribution in [0.2, 0.25) is 0 Å². The molecule has 0 radical (unpaired) electrons. The van der Waals surface area contributed by atoms with Gasteiger partial charge in [0.1, 0.15) is 0 Å². The van der Waals surface area contributed by atoms with Crippen LogP contribution in [0.1, 0.15) is 53.4 Å². The van der Waals surface area contributed by atoms with Crippen molar-refractivity contribution < 1.29 is 0 Å². The molecule has 0 rings (SSSR count). The Morgan fingerprint density at radius 2 is 1.86 bits per heavy atom. The standard InChI is InChI=1S/C13H23N/c1-5-7-9-13(4)14-11-10-12(3)8-6-2/h9-11H,5-8H2,1-4H3/b12-10+,13-9+,14-11+. The molecule has 0 spiro atoms. The van der Waals surface area contributed by atoms with Crippen LogP contribution in [-0.4, -0.2) is 6.21 Å². The van der Waals surface area contributed by atoms with Gasteiger partial charge in [-0.25, -0.2) is 0 Å². The first-order valence-corrected chi connectivity index (χ1v) is 5.57. The summed E-state index contributed by atoms with van der Waals surface area (Å²) in [4.78, 5) is 4.34. The molecule has 0 saturated carbocycles. The van der Waals surface area contributed by atoms with Crippen LogP contribution in [0.4, 0.5) is 0 Å². The van der Waals surface area contributed by atoms with E-state index in [9.17, 15) is 0 Å². The summed E-state index contributed by atoms with van der Waals surface area (Å²) in [6.45, 7) is 8.58. The minimum atomic E-state index is 1.12. The Labute approximate surface area is 88.6 Å². The second kappa shape index (κ2) is 8.74. The van der Waals surface area contributed by atoms with Gasteiger partial charge < -0.3 is 0 Å². The maximum Gasteiger partial charge on any atom is 0.0332 e. The van der Waals surface area contributed by atoms with Gasteiger partial charge in [0.25, 0.3) is 0 Å². The number of nitrogens with zero attached hydrogens (tertiary/aromatic N) is 1. The van der Waals surface area contributed by atoms with E-state index < -0.39 is 0 Å². The third-order valence-corrected chi connectivity index (χ3v) is 2.01. The smallest absolute Gasteiger partial charge is 0.0332 e. The molecule has 0 amide bonds. The zero-order chi connectivity index (χ0) is 10.8. The van der Waals surface area contributed by atoms with E-state index in [2.05, 4.69) is 44.8 Å². The molecule has 0 heterocycles. The number of aliphatic imine (C=N–C) groups is 1. The minimum Gasteiger partial charge on any atom is -0.262 e. The highest BCUT2D eigenvalue weighted by molar-refractivity contribution is 5.73. The molecule has 0 aromatic rings. The topological polar surface area (TPSA) is 12.4 Å². The van der Waals surface area contributed by atoms with E-state index in [0.29, 0.717) is 0 Å². The Morgan fingerprint density at radius 1 is 1.14 bits per heavy atom. The van der Waals surface area contributed by atoms with Crippen LogP contribution in [0.25, 0.3) is 0 Å². The van der Waals surface area contributed by atoms with Crippen molar-refractivity contribution in [1.82, 2.24) is 0 Å². The molecule has 0 atom stereocenters. The third kappa shape index (κ3) is 7.78. The SMILES string of the molecule is CCC/C=C(C)/N=C/C=C(\C)CCC. The Morgan fingerprint density at radius 3 is 2.43 bits per heavy atom. The van der Waals surface area contributed by atoms with E-state index in [4.69, 9.17) is 0 Å². The van der Waals surface area contributed by atoms with Gasteiger partial charge >= 0.3 is 0 Å². The lowest BCUT2D eigenvalue weighted by Gasteiger charge is -1.94.